The maximum Gasteiger partial charge on any atom is 0.191 e. The van der Waals surface area contributed by atoms with E-state index in [1.807, 2.05) is 0 Å². The second-order valence-electron chi connectivity index (χ2n) is 6.61. The Labute approximate surface area is 139 Å². The van der Waals surface area contributed by atoms with Crippen LogP contribution >= 0.6 is 11.3 Å². The first kappa shape index (κ1) is 19.0. The van der Waals surface area contributed by atoms with Crippen molar-refractivity contribution in [2.75, 3.05) is 26.7 Å². The number of aliphatic imine (C=N–C) groups is 1. The number of hydrogen-bond acceptors (Lipinski definition) is 3. The van der Waals surface area contributed by atoms with Gasteiger partial charge in [0.2, 0.25) is 0 Å². The zero-order valence-electron chi connectivity index (χ0n) is 14.8. The molecule has 0 amide bonds. The number of ether oxygens (including phenoxy) is 1. The first-order chi connectivity index (χ1) is 10.4. The SMILES string of the molecule is CCNC(=NCC(OC)C(C)(C)C)NCC(C)c1cccs1. The molecule has 22 heavy (non-hydrogen) atoms. The molecule has 1 aromatic heterocycles. The van der Waals surface area contributed by atoms with Crippen molar-refractivity contribution in [2.24, 2.45) is 10.4 Å². The molecule has 126 valence electrons. The fraction of sp³-hybridized carbons (Fsp3) is 0.706. The van der Waals surface area contributed by atoms with Crippen molar-refractivity contribution >= 4 is 17.3 Å². The van der Waals surface area contributed by atoms with Crippen molar-refractivity contribution in [2.45, 2.75) is 46.6 Å². The monoisotopic (exact) mass is 325 g/mol. The highest BCUT2D eigenvalue weighted by Crippen LogP contribution is 2.22. The average Bonchev–Trinajstić information content (AvgIpc) is 2.97. The molecule has 2 N–H and O–H groups in total. The van der Waals surface area contributed by atoms with Gasteiger partial charge in [-0.1, -0.05) is 33.8 Å². The highest BCUT2D eigenvalue weighted by Gasteiger charge is 2.24. The summed E-state index contributed by atoms with van der Waals surface area (Å²) < 4.78 is 5.57. The Morgan fingerprint density at radius 3 is 2.59 bits per heavy atom. The van der Waals surface area contributed by atoms with Crippen molar-refractivity contribution in [1.29, 1.82) is 0 Å². The molecule has 0 aliphatic rings. The second-order valence-corrected chi connectivity index (χ2v) is 7.59. The third-order valence-corrected chi connectivity index (χ3v) is 4.72. The van der Waals surface area contributed by atoms with Gasteiger partial charge in [0.15, 0.2) is 5.96 Å². The zero-order valence-corrected chi connectivity index (χ0v) is 15.6. The Morgan fingerprint density at radius 1 is 1.36 bits per heavy atom. The molecule has 0 saturated carbocycles. The van der Waals surface area contributed by atoms with E-state index in [2.05, 4.69) is 67.8 Å². The van der Waals surface area contributed by atoms with Crippen LogP contribution < -0.4 is 10.6 Å². The lowest BCUT2D eigenvalue weighted by molar-refractivity contribution is 0.0241. The van der Waals surface area contributed by atoms with Crippen molar-refractivity contribution in [1.82, 2.24) is 10.6 Å². The molecule has 1 aromatic rings. The highest BCUT2D eigenvalue weighted by molar-refractivity contribution is 7.10. The lowest BCUT2D eigenvalue weighted by atomic mass is 9.89. The molecule has 5 heteroatoms. The van der Waals surface area contributed by atoms with E-state index < -0.39 is 0 Å². The molecule has 1 rings (SSSR count). The van der Waals surface area contributed by atoms with Gasteiger partial charge in [0.1, 0.15) is 0 Å². The minimum atomic E-state index is 0.0832. The van der Waals surface area contributed by atoms with Crippen LogP contribution in [0.2, 0.25) is 0 Å². The molecule has 1 heterocycles. The Bertz CT molecular complexity index is 437. The Hall–Kier alpha value is -1.07. The molecule has 2 atom stereocenters. The molecule has 0 fully saturated rings. The van der Waals surface area contributed by atoms with Gasteiger partial charge in [0, 0.05) is 31.0 Å². The number of thiophene rings is 1. The van der Waals surface area contributed by atoms with E-state index in [-0.39, 0.29) is 11.5 Å². The third kappa shape index (κ3) is 6.36. The fourth-order valence-electron chi connectivity index (χ4n) is 2.14. The molecular weight excluding hydrogens is 294 g/mol. The van der Waals surface area contributed by atoms with Crippen LogP contribution in [0.25, 0.3) is 0 Å². The van der Waals surface area contributed by atoms with E-state index in [0.29, 0.717) is 12.5 Å². The van der Waals surface area contributed by atoms with Crippen LogP contribution in [0.5, 0.6) is 0 Å². The van der Waals surface area contributed by atoms with E-state index in [4.69, 9.17) is 4.74 Å². The minimum Gasteiger partial charge on any atom is -0.379 e. The molecule has 0 aliphatic carbocycles. The first-order valence-electron chi connectivity index (χ1n) is 7.96. The first-order valence-corrected chi connectivity index (χ1v) is 8.84. The van der Waals surface area contributed by atoms with Gasteiger partial charge in [-0.25, -0.2) is 0 Å². The van der Waals surface area contributed by atoms with Crippen molar-refractivity contribution in [3.8, 4) is 0 Å². The molecule has 0 bridgehead atoms. The number of hydrogen-bond donors (Lipinski definition) is 2. The molecule has 0 radical (unpaired) electrons. The van der Waals surface area contributed by atoms with Crippen LogP contribution in [0.15, 0.2) is 22.5 Å². The standard InChI is InChI=1S/C17H31N3OS/c1-7-18-16(20-12-15(21-6)17(3,4)5)19-11-13(2)14-9-8-10-22-14/h8-10,13,15H,7,11-12H2,1-6H3,(H2,18,19,20). The molecule has 0 saturated heterocycles. The number of guanidine groups is 1. The average molecular weight is 326 g/mol. The van der Waals surface area contributed by atoms with Gasteiger partial charge in [-0.15, -0.1) is 11.3 Å². The van der Waals surface area contributed by atoms with Crippen molar-refractivity contribution < 1.29 is 4.74 Å². The van der Waals surface area contributed by atoms with E-state index in [1.54, 1.807) is 18.4 Å². The van der Waals surface area contributed by atoms with Crippen LogP contribution in [0, 0.1) is 5.41 Å². The van der Waals surface area contributed by atoms with Gasteiger partial charge in [-0.2, -0.15) is 0 Å². The Balaban J connectivity index is 2.58. The summed E-state index contributed by atoms with van der Waals surface area (Å²) in [7, 11) is 1.75. The topological polar surface area (TPSA) is 45.7 Å². The van der Waals surface area contributed by atoms with Crippen LogP contribution in [0.4, 0.5) is 0 Å². The second kappa shape index (κ2) is 9.16. The van der Waals surface area contributed by atoms with Gasteiger partial charge < -0.3 is 15.4 Å². The fourth-order valence-corrected chi connectivity index (χ4v) is 2.93. The lowest BCUT2D eigenvalue weighted by Gasteiger charge is -2.28. The van der Waals surface area contributed by atoms with Gasteiger partial charge >= 0.3 is 0 Å². The van der Waals surface area contributed by atoms with Crippen LogP contribution in [0.1, 0.15) is 45.4 Å². The summed E-state index contributed by atoms with van der Waals surface area (Å²) in [6.07, 6.45) is 0.109. The van der Waals surface area contributed by atoms with E-state index >= 15 is 0 Å². The molecular formula is C17H31N3OS. The molecule has 4 nitrogen and oxygen atoms in total. The smallest absolute Gasteiger partial charge is 0.191 e. The molecule has 0 aliphatic heterocycles. The van der Waals surface area contributed by atoms with E-state index in [0.717, 1.165) is 19.0 Å². The van der Waals surface area contributed by atoms with Crippen LogP contribution in [0.3, 0.4) is 0 Å². The number of nitrogens with one attached hydrogen (secondary N) is 2. The molecule has 2 unspecified atom stereocenters. The number of nitrogens with zero attached hydrogens (tertiary/aromatic N) is 1. The maximum absolute atomic E-state index is 5.57. The summed E-state index contributed by atoms with van der Waals surface area (Å²) >= 11 is 1.80. The minimum absolute atomic E-state index is 0.0832. The Morgan fingerprint density at radius 2 is 2.09 bits per heavy atom. The summed E-state index contributed by atoms with van der Waals surface area (Å²) in [5.74, 6) is 1.34. The van der Waals surface area contributed by atoms with Gasteiger partial charge in [0.05, 0.1) is 12.6 Å². The maximum atomic E-state index is 5.57. The summed E-state index contributed by atoms with van der Waals surface area (Å²) in [6, 6.07) is 4.28. The number of rotatable bonds is 7. The quantitative estimate of drug-likeness (QED) is 0.596. The van der Waals surface area contributed by atoms with Gasteiger partial charge in [0.25, 0.3) is 0 Å². The predicted octanol–water partition coefficient (Wildman–Crippen LogP) is 3.47. The number of methoxy groups -OCH3 is 1. The largest absolute Gasteiger partial charge is 0.379 e. The third-order valence-electron chi connectivity index (χ3n) is 3.61. The van der Waals surface area contributed by atoms with Gasteiger partial charge in [-0.05, 0) is 23.8 Å². The molecule has 0 spiro atoms. The summed E-state index contributed by atoms with van der Waals surface area (Å²) in [6.45, 7) is 13.2. The van der Waals surface area contributed by atoms with Crippen LogP contribution in [-0.2, 0) is 4.74 Å². The normalized spacial score (nSPS) is 15.5. The lowest BCUT2D eigenvalue weighted by Crippen LogP contribution is -2.40. The summed E-state index contributed by atoms with van der Waals surface area (Å²) in [5, 5.41) is 8.85. The predicted molar refractivity (Wildman–Crippen MR) is 97.0 cm³/mol. The van der Waals surface area contributed by atoms with E-state index in [1.165, 1.54) is 4.88 Å². The summed E-state index contributed by atoms with van der Waals surface area (Å²) in [4.78, 5) is 6.07. The zero-order chi connectivity index (χ0) is 16.6. The summed E-state index contributed by atoms with van der Waals surface area (Å²) in [5.41, 5.74) is 0.0832. The van der Waals surface area contributed by atoms with Crippen molar-refractivity contribution in [3.63, 3.8) is 0 Å². The Kier molecular flexibility index (Phi) is 7.90. The van der Waals surface area contributed by atoms with Crippen molar-refractivity contribution in [3.05, 3.63) is 22.4 Å². The molecule has 0 aromatic carbocycles. The van der Waals surface area contributed by atoms with Crippen LogP contribution in [-0.4, -0.2) is 38.8 Å². The highest BCUT2D eigenvalue weighted by atomic mass is 32.1. The van der Waals surface area contributed by atoms with E-state index in [9.17, 15) is 0 Å². The van der Waals surface area contributed by atoms with Gasteiger partial charge in [-0.3, -0.25) is 4.99 Å².